The smallest absolute Gasteiger partial charge is 0.302 e. The fraction of sp³-hybridized carbons (Fsp3) is 0.333. The van der Waals surface area contributed by atoms with Gasteiger partial charge in [0.2, 0.25) is 5.91 Å². The SMILES string of the molecule is CC(=O)NC(CCc1ccc(-c2ccc(C=O)cc2)cc1)(COC(C)=O)COC(C)=O. The van der Waals surface area contributed by atoms with E-state index < -0.39 is 17.5 Å². The predicted molar refractivity (Wildman–Crippen MR) is 115 cm³/mol. The van der Waals surface area contributed by atoms with Crippen LogP contribution >= 0.6 is 0 Å². The minimum atomic E-state index is -1.02. The standard InChI is InChI=1S/C24H27NO6/c1-17(27)25-24(15-30-18(2)28,16-31-19(3)29)13-12-20-4-8-22(9-5-20)23-10-6-21(14-26)7-11-23/h4-11,14H,12-13,15-16H2,1-3H3,(H,25,27). The van der Waals surface area contributed by atoms with E-state index in [2.05, 4.69) is 5.32 Å². The van der Waals surface area contributed by atoms with E-state index in [1.807, 2.05) is 36.4 Å². The van der Waals surface area contributed by atoms with E-state index in [9.17, 15) is 19.2 Å². The maximum Gasteiger partial charge on any atom is 0.302 e. The summed E-state index contributed by atoms with van der Waals surface area (Å²) in [5.74, 6) is -1.28. The molecule has 0 fully saturated rings. The van der Waals surface area contributed by atoms with Crippen LogP contribution in [0.5, 0.6) is 0 Å². The van der Waals surface area contributed by atoms with Crippen LogP contribution in [0.25, 0.3) is 11.1 Å². The highest BCUT2D eigenvalue weighted by molar-refractivity contribution is 5.77. The Kier molecular flexibility index (Phi) is 8.49. The van der Waals surface area contributed by atoms with Gasteiger partial charge in [-0.1, -0.05) is 48.5 Å². The summed E-state index contributed by atoms with van der Waals surface area (Å²) in [6, 6.07) is 15.2. The van der Waals surface area contributed by atoms with E-state index in [1.165, 1.54) is 20.8 Å². The largest absolute Gasteiger partial charge is 0.463 e. The van der Waals surface area contributed by atoms with Crippen LogP contribution in [0.3, 0.4) is 0 Å². The fourth-order valence-corrected chi connectivity index (χ4v) is 3.18. The molecule has 0 unspecified atom stereocenters. The summed E-state index contributed by atoms with van der Waals surface area (Å²) >= 11 is 0. The van der Waals surface area contributed by atoms with Crippen molar-refractivity contribution in [3.63, 3.8) is 0 Å². The summed E-state index contributed by atoms with van der Waals surface area (Å²) in [6.07, 6.45) is 1.77. The first-order valence-corrected chi connectivity index (χ1v) is 9.93. The Labute approximate surface area is 181 Å². The normalized spacial score (nSPS) is 10.8. The third-order valence-electron chi connectivity index (χ3n) is 4.77. The molecule has 7 nitrogen and oxygen atoms in total. The highest BCUT2D eigenvalue weighted by atomic mass is 16.5. The fourth-order valence-electron chi connectivity index (χ4n) is 3.18. The van der Waals surface area contributed by atoms with E-state index in [4.69, 9.17) is 9.47 Å². The van der Waals surface area contributed by atoms with Gasteiger partial charge in [0.05, 0.1) is 0 Å². The third kappa shape index (κ3) is 7.70. The second kappa shape index (κ2) is 11.1. The molecule has 2 aromatic rings. The van der Waals surface area contributed by atoms with Crippen molar-refractivity contribution in [1.29, 1.82) is 0 Å². The lowest BCUT2D eigenvalue weighted by Crippen LogP contribution is -2.55. The molecule has 0 radical (unpaired) electrons. The molecule has 31 heavy (non-hydrogen) atoms. The molecule has 164 valence electrons. The molecule has 0 atom stereocenters. The average molecular weight is 425 g/mol. The Morgan fingerprint density at radius 3 is 1.74 bits per heavy atom. The molecule has 2 rings (SSSR count). The van der Waals surface area contributed by atoms with Gasteiger partial charge < -0.3 is 14.8 Å². The number of hydrogen-bond acceptors (Lipinski definition) is 6. The first-order chi connectivity index (χ1) is 14.7. The van der Waals surface area contributed by atoms with E-state index in [1.54, 1.807) is 12.1 Å². The van der Waals surface area contributed by atoms with E-state index in [0.717, 1.165) is 23.0 Å². The minimum Gasteiger partial charge on any atom is -0.463 e. The monoisotopic (exact) mass is 425 g/mol. The lowest BCUT2D eigenvalue weighted by molar-refractivity contribution is -0.150. The second-order valence-electron chi connectivity index (χ2n) is 7.46. The van der Waals surface area contributed by atoms with E-state index >= 15 is 0 Å². The molecule has 1 N–H and O–H groups in total. The molecule has 0 aliphatic rings. The van der Waals surface area contributed by atoms with Crippen LogP contribution in [0.15, 0.2) is 48.5 Å². The van der Waals surface area contributed by atoms with Crippen LogP contribution in [0.2, 0.25) is 0 Å². The highest BCUT2D eigenvalue weighted by Gasteiger charge is 2.34. The lowest BCUT2D eigenvalue weighted by atomic mass is 9.91. The molecule has 7 heteroatoms. The first-order valence-electron chi connectivity index (χ1n) is 9.93. The van der Waals surface area contributed by atoms with Gasteiger partial charge in [-0.15, -0.1) is 0 Å². The van der Waals surface area contributed by atoms with Crippen LogP contribution in [0.1, 0.15) is 43.1 Å². The molecule has 0 bridgehead atoms. The number of hydrogen-bond donors (Lipinski definition) is 1. The third-order valence-corrected chi connectivity index (χ3v) is 4.77. The minimum absolute atomic E-state index is 0.101. The predicted octanol–water partition coefficient (Wildman–Crippen LogP) is 3.10. The van der Waals surface area contributed by atoms with Crippen molar-refractivity contribution in [3.05, 3.63) is 59.7 Å². The summed E-state index contributed by atoms with van der Waals surface area (Å²) in [7, 11) is 0. The number of nitrogens with one attached hydrogen (secondary N) is 1. The molecule has 1 amide bonds. The number of amides is 1. The summed E-state index contributed by atoms with van der Waals surface area (Å²) in [4.78, 5) is 45.3. The van der Waals surface area contributed by atoms with Crippen LogP contribution in [-0.2, 0) is 30.3 Å². The quantitative estimate of drug-likeness (QED) is 0.464. The summed E-state index contributed by atoms with van der Waals surface area (Å²) < 4.78 is 10.3. The van der Waals surface area contributed by atoms with Crippen molar-refractivity contribution in [3.8, 4) is 11.1 Å². The number of rotatable bonds is 10. The van der Waals surface area contributed by atoms with Gasteiger partial charge >= 0.3 is 11.9 Å². The molecule has 0 spiro atoms. The maximum absolute atomic E-state index is 11.8. The van der Waals surface area contributed by atoms with Crippen molar-refractivity contribution < 1.29 is 28.7 Å². The highest BCUT2D eigenvalue weighted by Crippen LogP contribution is 2.22. The van der Waals surface area contributed by atoms with Gasteiger partial charge in [-0.3, -0.25) is 19.2 Å². The van der Waals surface area contributed by atoms with Gasteiger partial charge in [-0.05, 0) is 29.5 Å². The summed E-state index contributed by atoms with van der Waals surface area (Å²) in [5, 5.41) is 2.80. The zero-order valence-electron chi connectivity index (χ0n) is 18.0. The van der Waals surface area contributed by atoms with E-state index in [0.29, 0.717) is 18.4 Å². The first kappa shape index (κ1) is 23.8. The number of aryl methyl sites for hydroxylation is 1. The Hall–Kier alpha value is -3.48. The van der Waals surface area contributed by atoms with Gasteiger partial charge in [-0.2, -0.15) is 0 Å². The molecule has 0 saturated heterocycles. The Morgan fingerprint density at radius 2 is 1.32 bits per heavy atom. The van der Waals surface area contributed by atoms with Crippen molar-refractivity contribution in [2.24, 2.45) is 0 Å². The summed E-state index contributed by atoms with van der Waals surface area (Å²) in [5.41, 5.74) is 2.61. The topological polar surface area (TPSA) is 98.8 Å². The maximum atomic E-state index is 11.8. The van der Waals surface area contributed by atoms with Crippen molar-refractivity contribution in [2.75, 3.05) is 13.2 Å². The van der Waals surface area contributed by atoms with Crippen LogP contribution in [0, 0.1) is 0 Å². The van der Waals surface area contributed by atoms with E-state index in [-0.39, 0.29) is 19.1 Å². The molecular formula is C24H27NO6. The van der Waals surface area contributed by atoms with Crippen LogP contribution in [-0.4, -0.2) is 42.9 Å². The van der Waals surface area contributed by atoms with Crippen molar-refractivity contribution >= 4 is 24.1 Å². The number of carbonyl (C=O) groups is 4. The van der Waals surface area contributed by atoms with Gasteiger partial charge in [-0.25, -0.2) is 0 Å². The molecule has 0 aromatic heterocycles. The number of aldehydes is 1. The zero-order valence-corrected chi connectivity index (χ0v) is 18.0. The van der Waals surface area contributed by atoms with Crippen LogP contribution < -0.4 is 5.32 Å². The second-order valence-corrected chi connectivity index (χ2v) is 7.46. The summed E-state index contributed by atoms with van der Waals surface area (Å²) in [6.45, 7) is 3.73. The number of esters is 2. The molecule has 2 aromatic carbocycles. The van der Waals surface area contributed by atoms with Gasteiger partial charge in [0, 0.05) is 26.3 Å². The Balaban J connectivity index is 2.15. The van der Waals surface area contributed by atoms with Gasteiger partial charge in [0.25, 0.3) is 0 Å². The van der Waals surface area contributed by atoms with Gasteiger partial charge in [0.1, 0.15) is 25.0 Å². The number of benzene rings is 2. The van der Waals surface area contributed by atoms with Crippen molar-refractivity contribution in [1.82, 2.24) is 5.32 Å². The Bertz CT molecular complexity index is 900. The lowest BCUT2D eigenvalue weighted by Gasteiger charge is -2.33. The molecular weight excluding hydrogens is 398 g/mol. The van der Waals surface area contributed by atoms with Crippen molar-refractivity contribution in [2.45, 2.75) is 39.2 Å². The number of ether oxygens (including phenoxy) is 2. The average Bonchev–Trinajstić information content (AvgIpc) is 2.75. The van der Waals surface area contributed by atoms with Gasteiger partial charge in [0.15, 0.2) is 0 Å². The molecule has 0 saturated carbocycles. The molecule has 0 aliphatic heterocycles. The Morgan fingerprint density at radius 1 is 0.839 bits per heavy atom. The zero-order chi connectivity index (χ0) is 22.9. The van der Waals surface area contributed by atoms with Crippen LogP contribution in [0.4, 0.5) is 0 Å². The molecule has 0 aliphatic carbocycles. The number of carbonyl (C=O) groups excluding carboxylic acids is 4. The molecule has 0 heterocycles.